The topological polar surface area (TPSA) is 69.0 Å². The van der Waals surface area contributed by atoms with Gasteiger partial charge in [0.1, 0.15) is 0 Å². The minimum absolute atomic E-state index is 0.0652. The van der Waals surface area contributed by atoms with Crippen molar-refractivity contribution in [3.8, 4) is 11.3 Å². The van der Waals surface area contributed by atoms with Crippen LogP contribution >= 0.6 is 0 Å². The Labute approximate surface area is 134 Å². The number of aromatic nitrogens is 2. The molecule has 0 aliphatic rings. The molecule has 0 saturated heterocycles. The molecule has 5 nitrogen and oxygen atoms in total. The number of carbonyl (C=O) groups excluding carboxylic acids is 1. The van der Waals surface area contributed by atoms with Gasteiger partial charge >= 0.3 is 0 Å². The molecule has 0 radical (unpaired) electrons. The van der Waals surface area contributed by atoms with Crippen molar-refractivity contribution in [3.63, 3.8) is 0 Å². The number of aldehydes is 1. The molecule has 3 aromatic rings. The molecular formula is C17H14N2O3S. The Morgan fingerprint density at radius 2 is 1.74 bits per heavy atom. The normalized spacial score (nSPS) is 11.3. The van der Waals surface area contributed by atoms with Gasteiger partial charge in [-0.05, 0) is 30.2 Å². The lowest BCUT2D eigenvalue weighted by Gasteiger charge is -2.11. The molecule has 0 aliphatic heterocycles. The van der Waals surface area contributed by atoms with Gasteiger partial charge in [0.15, 0.2) is 11.3 Å². The highest BCUT2D eigenvalue weighted by Gasteiger charge is 2.25. The van der Waals surface area contributed by atoms with Crippen LogP contribution in [0.1, 0.15) is 15.9 Å². The van der Waals surface area contributed by atoms with Crippen molar-refractivity contribution in [2.24, 2.45) is 0 Å². The van der Waals surface area contributed by atoms with Crippen molar-refractivity contribution in [2.45, 2.75) is 11.9 Å². The summed E-state index contributed by atoms with van der Waals surface area (Å²) in [6, 6.07) is 13.8. The Morgan fingerprint density at radius 3 is 2.35 bits per heavy atom. The van der Waals surface area contributed by atoms with E-state index in [4.69, 9.17) is 0 Å². The van der Waals surface area contributed by atoms with E-state index in [0.29, 0.717) is 23.1 Å². The van der Waals surface area contributed by atoms with Gasteiger partial charge in [-0.15, -0.1) is 0 Å². The smallest absolute Gasteiger partial charge is 0.285 e. The maximum absolute atomic E-state index is 12.9. The predicted molar refractivity (Wildman–Crippen MR) is 86.8 cm³/mol. The van der Waals surface area contributed by atoms with Crippen LogP contribution in [0.15, 0.2) is 66.0 Å². The van der Waals surface area contributed by atoms with E-state index in [-0.39, 0.29) is 5.03 Å². The number of nitrogens with zero attached hydrogens (tertiary/aromatic N) is 2. The molecule has 0 spiro atoms. The maximum atomic E-state index is 12.9. The van der Waals surface area contributed by atoms with Gasteiger partial charge in [0, 0.05) is 18.0 Å². The van der Waals surface area contributed by atoms with Crippen molar-refractivity contribution in [1.82, 2.24) is 8.96 Å². The number of benzene rings is 1. The fourth-order valence-electron chi connectivity index (χ4n) is 2.44. The zero-order valence-corrected chi connectivity index (χ0v) is 13.2. The molecule has 3 rings (SSSR count). The lowest BCUT2D eigenvalue weighted by molar-refractivity contribution is 0.112. The molecule has 0 N–H and O–H groups in total. The van der Waals surface area contributed by atoms with Gasteiger partial charge in [-0.2, -0.15) is 8.42 Å². The van der Waals surface area contributed by atoms with Crippen LogP contribution in [-0.4, -0.2) is 23.7 Å². The summed E-state index contributed by atoms with van der Waals surface area (Å²) in [6.07, 6.45) is 3.42. The van der Waals surface area contributed by atoms with Gasteiger partial charge in [0.2, 0.25) is 0 Å². The molecule has 0 fully saturated rings. The van der Waals surface area contributed by atoms with Gasteiger partial charge in [0.05, 0.1) is 5.69 Å². The summed E-state index contributed by atoms with van der Waals surface area (Å²) in [7, 11) is -3.88. The first-order chi connectivity index (χ1) is 11.1. The fraction of sp³-hybridized carbons (Fsp3) is 0.0588. The Kier molecular flexibility index (Phi) is 3.83. The van der Waals surface area contributed by atoms with E-state index in [1.165, 1.54) is 18.5 Å². The SMILES string of the molecule is Cc1c(C=O)cn(S(=O)(=O)c2ccccn2)c1-c1ccccc1. The number of carbonyl (C=O) groups is 1. The molecule has 0 bridgehead atoms. The molecule has 0 amide bonds. The van der Waals surface area contributed by atoms with E-state index >= 15 is 0 Å². The largest absolute Gasteiger partial charge is 0.298 e. The molecule has 6 heteroatoms. The molecule has 116 valence electrons. The van der Waals surface area contributed by atoms with Crippen molar-refractivity contribution < 1.29 is 13.2 Å². The first-order valence-electron chi connectivity index (χ1n) is 6.95. The molecule has 0 unspecified atom stereocenters. The third-order valence-electron chi connectivity index (χ3n) is 3.60. The first-order valence-corrected chi connectivity index (χ1v) is 8.39. The number of pyridine rings is 1. The van der Waals surface area contributed by atoms with E-state index in [1.54, 1.807) is 31.2 Å². The third-order valence-corrected chi connectivity index (χ3v) is 5.18. The number of hydrogen-bond acceptors (Lipinski definition) is 4. The average Bonchev–Trinajstić information content (AvgIpc) is 2.94. The molecular weight excluding hydrogens is 312 g/mol. The van der Waals surface area contributed by atoms with Crippen LogP contribution in [0, 0.1) is 6.92 Å². The van der Waals surface area contributed by atoms with Crippen LogP contribution in [0.2, 0.25) is 0 Å². The summed E-state index contributed by atoms with van der Waals surface area (Å²) in [5.74, 6) is 0. The summed E-state index contributed by atoms with van der Waals surface area (Å²) in [5, 5.41) is -0.0652. The Bertz CT molecular complexity index is 946. The van der Waals surface area contributed by atoms with Crippen molar-refractivity contribution >= 4 is 16.3 Å². The summed E-state index contributed by atoms with van der Waals surface area (Å²) < 4.78 is 26.9. The lowest BCUT2D eigenvalue weighted by atomic mass is 10.1. The highest BCUT2D eigenvalue weighted by atomic mass is 32.2. The minimum atomic E-state index is -3.88. The Balaban J connectivity index is 2.31. The first kappa shape index (κ1) is 15.2. The molecule has 1 aromatic carbocycles. The van der Waals surface area contributed by atoms with Crippen molar-refractivity contribution in [2.75, 3.05) is 0 Å². The van der Waals surface area contributed by atoms with Gasteiger partial charge in [-0.25, -0.2) is 8.96 Å². The summed E-state index contributed by atoms with van der Waals surface area (Å²) in [4.78, 5) is 15.2. The van der Waals surface area contributed by atoms with Gasteiger partial charge in [-0.3, -0.25) is 4.79 Å². The van der Waals surface area contributed by atoms with E-state index < -0.39 is 10.0 Å². The highest BCUT2D eigenvalue weighted by molar-refractivity contribution is 7.90. The number of rotatable bonds is 4. The van der Waals surface area contributed by atoms with E-state index in [1.807, 2.05) is 18.2 Å². The van der Waals surface area contributed by atoms with Crippen molar-refractivity contribution in [3.05, 3.63) is 72.1 Å². The fourth-order valence-corrected chi connectivity index (χ4v) is 3.82. The molecule has 2 heterocycles. The summed E-state index contributed by atoms with van der Waals surface area (Å²) in [5.41, 5.74) is 2.14. The van der Waals surface area contributed by atoms with Crippen LogP contribution in [0.25, 0.3) is 11.3 Å². The zero-order valence-electron chi connectivity index (χ0n) is 12.4. The van der Waals surface area contributed by atoms with Crippen LogP contribution in [0.4, 0.5) is 0 Å². The Hall–Kier alpha value is -2.73. The van der Waals surface area contributed by atoms with E-state index in [0.717, 1.165) is 9.54 Å². The molecule has 0 saturated carbocycles. The monoisotopic (exact) mass is 326 g/mol. The van der Waals surface area contributed by atoms with E-state index in [2.05, 4.69) is 4.98 Å². The van der Waals surface area contributed by atoms with Gasteiger partial charge in [-0.1, -0.05) is 36.4 Å². The third kappa shape index (κ3) is 2.57. The molecule has 2 aromatic heterocycles. The average molecular weight is 326 g/mol. The maximum Gasteiger partial charge on any atom is 0.285 e. The Morgan fingerprint density at radius 1 is 1.04 bits per heavy atom. The van der Waals surface area contributed by atoms with Crippen molar-refractivity contribution in [1.29, 1.82) is 0 Å². The van der Waals surface area contributed by atoms with Crippen LogP contribution in [0.5, 0.6) is 0 Å². The lowest BCUT2D eigenvalue weighted by Crippen LogP contribution is -2.14. The minimum Gasteiger partial charge on any atom is -0.298 e. The second-order valence-electron chi connectivity index (χ2n) is 5.01. The second-order valence-corrected chi connectivity index (χ2v) is 6.77. The predicted octanol–water partition coefficient (Wildman–Crippen LogP) is 2.91. The summed E-state index contributed by atoms with van der Waals surface area (Å²) in [6.45, 7) is 1.73. The molecule has 0 aliphatic carbocycles. The zero-order chi connectivity index (χ0) is 16.4. The quantitative estimate of drug-likeness (QED) is 0.691. The van der Waals surface area contributed by atoms with Crippen LogP contribution < -0.4 is 0 Å². The standard InChI is InChI=1S/C17H14N2O3S/c1-13-15(12-20)11-19(17(13)14-7-3-2-4-8-14)23(21,22)16-9-5-6-10-18-16/h2-12H,1H3. The molecule has 23 heavy (non-hydrogen) atoms. The highest BCUT2D eigenvalue weighted by Crippen LogP contribution is 2.30. The summed E-state index contributed by atoms with van der Waals surface area (Å²) >= 11 is 0. The second kappa shape index (κ2) is 5.81. The van der Waals surface area contributed by atoms with E-state index in [9.17, 15) is 13.2 Å². The van der Waals surface area contributed by atoms with Crippen LogP contribution in [-0.2, 0) is 10.0 Å². The molecule has 0 atom stereocenters. The number of hydrogen-bond donors (Lipinski definition) is 0. The van der Waals surface area contributed by atoms with Gasteiger partial charge < -0.3 is 0 Å². The van der Waals surface area contributed by atoms with Crippen LogP contribution in [0.3, 0.4) is 0 Å². The van der Waals surface area contributed by atoms with Gasteiger partial charge in [0.25, 0.3) is 10.0 Å².